The zero-order valence-electron chi connectivity index (χ0n) is 24.5. The van der Waals surface area contributed by atoms with Crippen molar-refractivity contribution >= 4 is 29.5 Å². The normalized spacial score (nSPS) is 14.7. The summed E-state index contributed by atoms with van der Waals surface area (Å²) in [5.74, 6) is -0.617. The van der Waals surface area contributed by atoms with Gasteiger partial charge < -0.3 is 40.6 Å². The third kappa shape index (κ3) is 10.4. The van der Waals surface area contributed by atoms with Crippen LogP contribution in [0.4, 0.5) is 30.8 Å². The van der Waals surface area contributed by atoms with Crippen molar-refractivity contribution in [1.82, 2.24) is 20.3 Å². The molecule has 1 atom stereocenters. The second-order valence-corrected chi connectivity index (χ2v) is 9.90. The standard InChI is InChI=1S/C29H34F3N7O6/c1-42-25(41)22(15-33)36-24(40)21-11-8-19-14-23(21)44-13-5-3-2-4-12-43-20-9-6-18(7-10-20)16-34-26-37-27(35-19)39-28(38-26)45-17-29(30,31)32/h6-11,14,22H,2-5,12-13,15-17,33H2,1H3,(H,36,40)(H2,34,35,37,38,39). The topological polar surface area (TPSA) is 172 Å². The molecule has 0 spiro atoms. The van der Waals surface area contributed by atoms with Gasteiger partial charge in [0.05, 0.1) is 25.9 Å². The average Bonchev–Trinajstić information content (AvgIpc) is 3.02. The molecule has 2 aromatic carbocycles. The highest BCUT2D eigenvalue weighted by Gasteiger charge is 2.29. The SMILES string of the molecule is COC(=O)C(CN)NC(=O)c1ccc2cc1OCCCCCCOc1ccc(cc1)CNc1nc(nc(OCC(F)(F)F)n1)N2. The van der Waals surface area contributed by atoms with Gasteiger partial charge in [-0.1, -0.05) is 12.1 Å². The number of nitrogens with zero attached hydrogens (tertiary/aromatic N) is 3. The van der Waals surface area contributed by atoms with E-state index in [1.54, 1.807) is 0 Å². The Bertz CT molecular complexity index is 1440. The minimum atomic E-state index is -4.61. The number of hydrogen-bond acceptors (Lipinski definition) is 12. The summed E-state index contributed by atoms with van der Waals surface area (Å²) in [5.41, 5.74) is 6.95. The van der Waals surface area contributed by atoms with Crippen LogP contribution < -0.4 is 35.9 Å². The number of anilines is 3. The lowest BCUT2D eigenvalue weighted by molar-refractivity contribution is -0.154. The number of carbonyl (C=O) groups is 2. The summed E-state index contributed by atoms with van der Waals surface area (Å²) in [6.07, 6.45) is -1.35. The third-order valence-corrected chi connectivity index (χ3v) is 6.43. The molecule has 0 radical (unpaired) electrons. The van der Waals surface area contributed by atoms with Crippen LogP contribution in [0.15, 0.2) is 42.5 Å². The first-order chi connectivity index (χ1) is 21.6. The van der Waals surface area contributed by atoms with Crippen molar-refractivity contribution in [1.29, 1.82) is 0 Å². The van der Waals surface area contributed by atoms with Crippen LogP contribution >= 0.6 is 0 Å². The molecule has 16 heteroatoms. The fourth-order valence-corrected chi connectivity index (χ4v) is 4.15. The molecule has 6 bridgehead atoms. The predicted octanol–water partition coefficient (Wildman–Crippen LogP) is 3.73. The molecular weight excluding hydrogens is 599 g/mol. The van der Waals surface area contributed by atoms with E-state index >= 15 is 0 Å². The van der Waals surface area contributed by atoms with Crippen molar-refractivity contribution in [3.8, 4) is 17.5 Å². The smallest absolute Gasteiger partial charge is 0.422 e. The monoisotopic (exact) mass is 633 g/mol. The molecule has 1 amide bonds. The number of ether oxygens (including phenoxy) is 4. The molecule has 1 unspecified atom stereocenters. The molecule has 3 aromatic rings. The maximum Gasteiger partial charge on any atom is 0.422 e. The number of esters is 1. The second-order valence-electron chi connectivity index (χ2n) is 9.90. The van der Waals surface area contributed by atoms with Crippen molar-refractivity contribution in [2.75, 3.05) is 44.1 Å². The number of alkyl halides is 3. The molecule has 13 nitrogen and oxygen atoms in total. The molecule has 0 aliphatic carbocycles. The predicted molar refractivity (Wildman–Crippen MR) is 157 cm³/mol. The van der Waals surface area contributed by atoms with Crippen molar-refractivity contribution in [3.63, 3.8) is 0 Å². The number of carbonyl (C=O) groups excluding carboxylic acids is 2. The van der Waals surface area contributed by atoms with Gasteiger partial charge in [0, 0.05) is 24.8 Å². The van der Waals surface area contributed by atoms with E-state index in [0.717, 1.165) is 24.8 Å². The van der Waals surface area contributed by atoms with Crippen LogP contribution in [-0.4, -0.2) is 72.5 Å². The Balaban J connectivity index is 1.64. The van der Waals surface area contributed by atoms with Gasteiger partial charge in [-0.25, -0.2) is 4.79 Å². The van der Waals surface area contributed by atoms with Gasteiger partial charge in [-0.15, -0.1) is 0 Å². The van der Waals surface area contributed by atoms with Gasteiger partial charge in [-0.3, -0.25) is 4.79 Å². The number of fused-ring (bicyclic) bond motifs is 10. The Morgan fingerprint density at radius 1 is 1.00 bits per heavy atom. The molecule has 0 fully saturated rings. The number of rotatable bonds is 6. The van der Waals surface area contributed by atoms with Crippen LogP contribution in [0.25, 0.3) is 0 Å². The molecule has 5 rings (SSSR count). The molecule has 1 aromatic heterocycles. The van der Waals surface area contributed by atoms with Crippen LogP contribution in [0.3, 0.4) is 0 Å². The lowest BCUT2D eigenvalue weighted by atomic mass is 10.1. The Morgan fingerprint density at radius 3 is 2.40 bits per heavy atom. The lowest BCUT2D eigenvalue weighted by Crippen LogP contribution is -2.46. The van der Waals surface area contributed by atoms with E-state index < -0.39 is 36.7 Å². The van der Waals surface area contributed by atoms with E-state index in [1.165, 1.54) is 25.3 Å². The third-order valence-electron chi connectivity index (χ3n) is 6.43. The van der Waals surface area contributed by atoms with Gasteiger partial charge in [0.2, 0.25) is 11.9 Å². The molecule has 242 valence electrons. The zero-order valence-corrected chi connectivity index (χ0v) is 24.5. The van der Waals surface area contributed by atoms with Gasteiger partial charge in [0.25, 0.3) is 5.91 Å². The van der Waals surface area contributed by atoms with E-state index in [4.69, 9.17) is 24.7 Å². The van der Waals surface area contributed by atoms with Crippen LogP contribution in [-0.2, 0) is 16.1 Å². The number of amides is 1. The number of benzene rings is 2. The number of nitrogens with two attached hydrogens (primary N) is 1. The van der Waals surface area contributed by atoms with Crippen LogP contribution in [0.2, 0.25) is 0 Å². The minimum absolute atomic E-state index is 0.0426. The average molecular weight is 634 g/mol. The maximum absolute atomic E-state index is 13.1. The molecule has 0 saturated carbocycles. The molecule has 2 aliphatic rings. The molecule has 5 N–H and O–H groups in total. The molecule has 45 heavy (non-hydrogen) atoms. The minimum Gasteiger partial charge on any atom is -0.494 e. The summed E-state index contributed by atoms with van der Waals surface area (Å²) in [5, 5.41) is 8.41. The summed E-state index contributed by atoms with van der Waals surface area (Å²) < 4.78 is 59.9. The highest BCUT2D eigenvalue weighted by atomic mass is 19.4. The van der Waals surface area contributed by atoms with Crippen LogP contribution in [0, 0.1) is 0 Å². The molecule has 2 aliphatic heterocycles. The fourth-order valence-electron chi connectivity index (χ4n) is 4.15. The van der Waals surface area contributed by atoms with E-state index in [0.29, 0.717) is 24.5 Å². The van der Waals surface area contributed by atoms with Gasteiger partial charge in [0.15, 0.2) is 6.61 Å². The number of methoxy groups -OCH3 is 1. The van der Waals surface area contributed by atoms with E-state index in [2.05, 4.69) is 30.9 Å². The molecular formula is C29H34F3N7O6. The maximum atomic E-state index is 13.1. The highest BCUT2D eigenvalue weighted by Crippen LogP contribution is 2.27. The van der Waals surface area contributed by atoms with Crippen molar-refractivity contribution in [2.24, 2.45) is 5.73 Å². The number of hydrogen-bond donors (Lipinski definition) is 4. The first-order valence-electron chi connectivity index (χ1n) is 14.2. The Kier molecular flexibility index (Phi) is 11.6. The summed E-state index contributed by atoms with van der Waals surface area (Å²) in [6, 6.07) is 10.2. The molecule has 3 heterocycles. The quantitative estimate of drug-likeness (QED) is 0.290. The van der Waals surface area contributed by atoms with E-state index in [-0.39, 0.29) is 42.9 Å². The van der Waals surface area contributed by atoms with Crippen molar-refractivity contribution in [2.45, 2.75) is 44.4 Å². The number of aromatic nitrogens is 3. The first-order valence-corrected chi connectivity index (χ1v) is 14.2. The van der Waals surface area contributed by atoms with Gasteiger partial charge >= 0.3 is 18.2 Å². The van der Waals surface area contributed by atoms with Crippen molar-refractivity contribution < 1.29 is 41.7 Å². The van der Waals surface area contributed by atoms with Crippen LogP contribution in [0.5, 0.6) is 17.5 Å². The summed E-state index contributed by atoms with van der Waals surface area (Å²) in [7, 11) is 1.18. The van der Waals surface area contributed by atoms with E-state index in [1.807, 2.05) is 24.3 Å². The summed E-state index contributed by atoms with van der Waals surface area (Å²) >= 11 is 0. The van der Waals surface area contributed by atoms with Gasteiger partial charge in [0.1, 0.15) is 17.5 Å². The zero-order chi connectivity index (χ0) is 32.2. The largest absolute Gasteiger partial charge is 0.494 e. The van der Waals surface area contributed by atoms with Crippen molar-refractivity contribution in [3.05, 3.63) is 53.6 Å². The first kappa shape index (κ1) is 33.0. The molecule has 0 saturated heterocycles. The lowest BCUT2D eigenvalue weighted by Gasteiger charge is -2.17. The second kappa shape index (κ2) is 15.7. The Morgan fingerprint density at radius 2 is 1.71 bits per heavy atom. The summed E-state index contributed by atoms with van der Waals surface area (Å²) in [6.45, 7) is -0.725. The highest BCUT2D eigenvalue weighted by molar-refractivity contribution is 5.99. The van der Waals surface area contributed by atoms with Gasteiger partial charge in [-0.2, -0.15) is 28.1 Å². The fraction of sp³-hybridized carbons (Fsp3) is 0.414. The number of halogens is 3. The number of nitrogens with one attached hydrogen (secondary N) is 3. The van der Waals surface area contributed by atoms with Crippen LogP contribution in [0.1, 0.15) is 41.6 Å². The van der Waals surface area contributed by atoms with E-state index in [9.17, 15) is 22.8 Å². The Labute approximate surface area is 257 Å². The van der Waals surface area contributed by atoms with Gasteiger partial charge in [-0.05, 0) is 55.5 Å². The Hall–Kier alpha value is -4.86. The summed E-state index contributed by atoms with van der Waals surface area (Å²) in [4.78, 5) is 37.3.